The summed E-state index contributed by atoms with van der Waals surface area (Å²) in [4.78, 5) is 23.8. The standard InChI is InChI=1S/C22H25NO5/c1-14(11-12-27-2)20(21(24)25)23-22(26)28-13-19-17-9-5-3-7-15(17)16-8-4-6-10-18(16)19/h3-10,14,19-20H,11-13H2,1-2H3,(H,23,26)(H,24,25). The summed E-state index contributed by atoms with van der Waals surface area (Å²) in [6.45, 7) is 2.34. The van der Waals surface area contributed by atoms with Gasteiger partial charge >= 0.3 is 12.1 Å². The maximum atomic E-state index is 12.3. The molecular weight excluding hydrogens is 358 g/mol. The zero-order valence-corrected chi connectivity index (χ0v) is 16.1. The number of alkyl carbamates (subject to hydrolysis) is 1. The monoisotopic (exact) mass is 383 g/mol. The lowest BCUT2D eigenvalue weighted by Crippen LogP contribution is -2.45. The highest BCUT2D eigenvalue weighted by Gasteiger charge is 2.30. The van der Waals surface area contributed by atoms with Gasteiger partial charge in [0.05, 0.1) is 0 Å². The molecule has 1 aliphatic rings. The van der Waals surface area contributed by atoms with Gasteiger partial charge in [0, 0.05) is 19.6 Å². The van der Waals surface area contributed by atoms with Crippen molar-refractivity contribution in [2.24, 2.45) is 5.92 Å². The topological polar surface area (TPSA) is 84.9 Å². The molecule has 148 valence electrons. The Balaban J connectivity index is 1.67. The summed E-state index contributed by atoms with van der Waals surface area (Å²) in [5.74, 6) is -1.43. The second-order valence-electron chi connectivity index (χ2n) is 7.04. The summed E-state index contributed by atoms with van der Waals surface area (Å²) in [5, 5.41) is 11.9. The fourth-order valence-corrected chi connectivity index (χ4v) is 3.68. The zero-order valence-electron chi connectivity index (χ0n) is 16.1. The molecule has 0 radical (unpaired) electrons. The summed E-state index contributed by atoms with van der Waals surface area (Å²) < 4.78 is 10.4. The summed E-state index contributed by atoms with van der Waals surface area (Å²) in [7, 11) is 1.56. The molecule has 0 saturated heterocycles. The van der Waals surface area contributed by atoms with Gasteiger partial charge in [0.1, 0.15) is 12.6 Å². The van der Waals surface area contributed by atoms with Crippen LogP contribution < -0.4 is 5.32 Å². The molecule has 0 bridgehead atoms. The molecule has 2 unspecified atom stereocenters. The molecule has 3 rings (SSSR count). The molecule has 0 fully saturated rings. The van der Waals surface area contributed by atoms with Crippen LogP contribution in [0.4, 0.5) is 4.79 Å². The van der Waals surface area contributed by atoms with Gasteiger partial charge in [-0.15, -0.1) is 0 Å². The quantitative estimate of drug-likeness (QED) is 0.727. The normalized spacial score (nSPS) is 14.6. The van der Waals surface area contributed by atoms with Gasteiger partial charge in [-0.2, -0.15) is 0 Å². The van der Waals surface area contributed by atoms with Crippen molar-refractivity contribution >= 4 is 12.1 Å². The Bertz CT molecular complexity index is 805. The molecule has 6 nitrogen and oxygen atoms in total. The molecule has 0 heterocycles. The lowest BCUT2D eigenvalue weighted by atomic mass is 9.98. The maximum Gasteiger partial charge on any atom is 0.407 e. The minimum absolute atomic E-state index is 0.0626. The van der Waals surface area contributed by atoms with Gasteiger partial charge in [0.15, 0.2) is 0 Å². The van der Waals surface area contributed by atoms with Crippen LogP contribution in [0.15, 0.2) is 48.5 Å². The van der Waals surface area contributed by atoms with Crippen molar-refractivity contribution in [1.29, 1.82) is 0 Å². The van der Waals surface area contributed by atoms with Crippen LogP contribution in [0.3, 0.4) is 0 Å². The average Bonchev–Trinajstić information content (AvgIpc) is 3.02. The number of hydrogen-bond donors (Lipinski definition) is 2. The Morgan fingerprint density at radius 1 is 1.07 bits per heavy atom. The minimum Gasteiger partial charge on any atom is -0.480 e. The first-order chi connectivity index (χ1) is 13.5. The molecule has 0 aliphatic heterocycles. The number of nitrogens with one attached hydrogen (secondary N) is 1. The van der Waals surface area contributed by atoms with Crippen LogP contribution in [0, 0.1) is 5.92 Å². The van der Waals surface area contributed by atoms with Crippen molar-refractivity contribution in [1.82, 2.24) is 5.32 Å². The molecule has 2 aromatic rings. The molecular formula is C22H25NO5. The van der Waals surface area contributed by atoms with E-state index in [1.807, 2.05) is 36.4 Å². The van der Waals surface area contributed by atoms with E-state index in [1.165, 1.54) is 0 Å². The van der Waals surface area contributed by atoms with Gasteiger partial charge in [-0.3, -0.25) is 0 Å². The van der Waals surface area contributed by atoms with Crippen LogP contribution >= 0.6 is 0 Å². The summed E-state index contributed by atoms with van der Waals surface area (Å²) in [6, 6.07) is 15.1. The SMILES string of the molecule is COCCC(C)C(NC(=O)OCC1c2ccccc2-c2ccccc21)C(=O)O. The molecule has 2 aromatic carbocycles. The lowest BCUT2D eigenvalue weighted by molar-refractivity contribution is -0.140. The largest absolute Gasteiger partial charge is 0.480 e. The number of carboxylic acids is 1. The van der Waals surface area contributed by atoms with Crippen molar-refractivity contribution in [3.63, 3.8) is 0 Å². The van der Waals surface area contributed by atoms with Crippen molar-refractivity contribution < 1.29 is 24.2 Å². The third-order valence-corrected chi connectivity index (χ3v) is 5.23. The molecule has 2 N–H and O–H groups in total. The van der Waals surface area contributed by atoms with E-state index in [1.54, 1.807) is 14.0 Å². The van der Waals surface area contributed by atoms with E-state index in [0.29, 0.717) is 13.0 Å². The molecule has 1 amide bonds. The number of ether oxygens (including phenoxy) is 2. The minimum atomic E-state index is -1.09. The number of carboxylic acid groups (broad SMARTS) is 1. The Morgan fingerprint density at radius 3 is 2.18 bits per heavy atom. The van der Waals surface area contributed by atoms with Crippen LogP contribution in [-0.2, 0) is 14.3 Å². The van der Waals surface area contributed by atoms with Crippen molar-refractivity contribution in [2.75, 3.05) is 20.3 Å². The fourth-order valence-electron chi connectivity index (χ4n) is 3.68. The number of rotatable bonds is 8. The summed E-state index contributed by atoms with van der Waals surface area (Å²) in [6.07, 6.45) is -0.199. The highest BCUT2D eigenvalue weighted by molar-refractivity contribution is 5.81. The highest BCUT2D eigenvalue weighted by atomic mass is 16.5. The molecule has 0 aromatic heterocycles. The van der Waals surface area contributed by atoms with E-state index in [-0.39, 0.29) is 18.4 Å². The second-order valence-corrected chi connectivity index (χ2v) is 7.04. The number of benzene rings is 2. The molecule has 0 saturated carbocycles. The predicted molar refractivity (Wildman–Crippen MR) is 105 cm³/mol. The van der Waals surface area contributed by atoms with Crippen LogP contribution in [0.5, 0.6) is 0 Å². The van der Waals surface area contributed by atoms with Crippen LogP contribution in [0.1, 0.15) is 30.4 Å². The highest BCUT2D eigenvalue weighted by Crippen LogP contribution is 2.44. The third-order valence-electron chi connectivity index (χ3n) is 5.23. The molecule has 0 spiro atoms. The number of hydrogen-bond acceptors (Lipinski definition) is 4. The fraction of sp³-hybridized carbons (Fsp3) is 0.364. The third kappa shape index (κ3) is 4.17. The van der Waals surface area contributed by atoms with Crippen molar-refractivity contribution in [3.8, 4) is 11.1 Å². The second kappa shape index (κ2) is 8.89. The number of carbonyl (C=O) groups excluding carboxylic acids is 1. The lowest BCUT2D eigenvalue weighted by Gasteiger charge is -2.21. The zero-order chi connectivity index (χ0) is 20.1. The van der Waals surface area contributed by atoms with E-state index in [0.717, 1.165) is 22.3 Å². The number of amides is 1. The summed E-state index contributed by atoms with van der Waals surface area (Å²) >= 11 is 0. The maximum absolute atomic E-state index is 12.3. The van der Waals surface area contributed by atoms with Gasteiger partial charge in [-0.1, -0.05) is 55.5 Å². The number of methoxy groups -OCH3 is 1. The Kier molecular flexibility index (Phi) is 6.31. The molecule has 28 heavy (non-hydrogen) atoms. The molecule has 1 aliphatic carbocycles. The van der Waals surface area contributed by atoms with Crippen LogP contribution in [0.25, 0.3) is 11.1 Å². The van der Waals surface area contributed by atoms with Gasteiger partial charge in [0.2, 0.25) is 0 Å². The van der Waals surface area contributed by atoms with Crippen LogP contribution in [-0.4, -0.2) is 43.5 Å². The van der Waals surface area contributed by atoms with Crippen molar-refractivity contribution in [2.45, 2.75) is 25.3 Å². The van der Waals surface area contributed by atoms with Gasteiger partial charge in [-0.25, -0.2) is 9.59 Å². The van der Waals surface area contributed by atoms with Gasteiger partial charge in [0.25, 0.3) is 0 Å². The smallest absolute Gasteiger partial charge is 0.407 e. The van der Waals surface area contributed by atoms with E-state index in [2.05, 4.69) is 17.4 Å². The summed E-state index contributed by atoms with van der Waals surface area (Å²) in [5.41, 5.74) is 4.51. The first-order valence-electron chi connectivity index (χ1n) is 9.36. The predicted octanol–water partition coefficient (Wildman–Crippen LogP) is 3.65. The van der Waals surface area contributed by atoms with E-state index >= 15 is 0 Å². The molecule has 2 atom stereocenters. The van der Waals surface area contributed by atoms with E-state index < -0.39 is 18.1 Å². The first-order valence-corrected chi connectivity index (χ1v) is 9.36. The van der Waals surface area contributed by atoms with E-state index in [4.69, 9.17) is 9.47 Å². The first kappa shape index (κ1) is 19.9. The Labute approximate surface area is 164 Å². The van der Waals surface area contributed by atoms with Crippen LogP contribution in [0.2, 0.25) is 0 Å². The number of carbonyl (C=O) groups is 2. The molecule has 6 heteroatoms. The number of aliphatic carboxylic acids is 1. The van der Waals surface area contributed by atoms with Gasteiger partial charge in [-0.05, 0) is 34.6 Å². The van der Waals surface area contributed by atoms with E-state index in [9.17, 15) is 14.7 Å². The Morgan fingerprint density at radius 2 is 1.64 bits per heavy atom. The average molecular weight is 383 g/mol. The van der Waals surface area contributed by atoms with Gasteiger partial charge < -0.3 is 19.9 Å². The van der Waals surface area contributed by atoms with Crippen molar-refractivity contribution in [3.05, 3.63) is 59.7 Å². The number of fused-ring (bicyclic) bond motifs is 3. The Hall–Kier alpha value is -2.86.